The third kappa shape index (κ3) is 1.96. The molecule has 0 bridgehead atoms. The van der Waals surface area contributed by atoms with Crippen LogP contribution in [0.1, 0.15) is 43.8 Å². The third-order valence-corrected chi connectivity index (χ3v) is 4.62. The highest BCUT2D eigenvalue weighted by Crippen LogP contribution is 2.46. The van der Waals surface area contributed by atoms with Gasteiger partial charge in [0.1, 0.15) is 0 Å². The molecule has 100 valence electrons. The largest absolute Gasteiger partial charge is 0.375 e. The van der Waals surface area contributed by atoms with Crippen LogP contribution in [0, 0.1) is 5.92 Å². The van der Waals surface area contributed by atoms with Crippen molar-refractivity contribution < 1.29 is 4.74 Å². The van der Waals surface area contributed by atoms with E-state index in [1.807, 2.05) is 24.1 Å². The summed E-state index contributed by atoms with van der Waals surface area (Å²) in [6.45, 7) is 0.862. The molecule has 0 radical (unpaired) electrons. The molecule has 5 nitrogen and oxygen atoms in total. The molecule has 2 heterocycles. The third-order valence-electron chi connectivity index (χ3n) is 4.62. The molecule has 1 aromatic rings. The van der Waals surface area contributed by atoms with Crippen molar-refractivity contribution in [2.24, 2.45) is 18.8 Å². The second-order valence-electron chi connectivity index (χ2n) is 5.71. The Bertz CT molecular complexity index is 413. The number of hydrogen-bond acceptors (Lipinski definition) is 4. The molecule has 2 aliphatic rings. The number of imidazole rings is 1. The van der Waals surface area contributed by atoms with Gasteiger partial charge in [-0.1, -0.05) is 0 Å². The van der Waals surface area contributed by atoms with Gasteiger partial charge in [-0.05, 0) is 38.0 Å². The molecule has 3 N–H and O–H groups in total. The van der Waals surface area contributed by atoms with E-state index in [0.717, 1.165) is 19.4 Å². The molecule has 18 heavy (non-hydrogen) atoms. The van der Waals surface area contributed by atoms with Crippen LogP contribution >= 0.6 is 0 Å². The normalized spacial score (nSPS) is 28.0. The number of rotatable bonds is 3. The van der Waals surface area contributed by atoms with Crippen molar-refractivity contribution in [1.82, 2.24) is 15.0 Å². The van der Waals surface area contributed by atoms with Gasteiger partial charge in [-0.25, -0.2) is 4.98 Å². The van der Waals surface area contributed by atoms with E-state index in [0.29, 0.717) is 5.92 Å². The van der Waals surface area contributed by atoms with Gasteiger partial charge >= 0.3 is 0 Å². The predicted molar refractivity (Wildman–Crippen MR) is 68.5 cm³/mol. The first-order valence-corrected chi connectivity index (χ1v) is 6.80. The predicted octanol–water partition coefficient (Wildman–Crippen LogP) is 1.27. The van der Waals surface area contributed by atoms with Crippen LogP contribution in [0.15, 0.2) is 12.5 Å². The zero-order chi connectivity index (χ0) is 12.6. The summed E-state index contributed by atoms with van der Waals surface area (Å²) in [4.78, 5) is 4.19. The highest BCUT2D eigenvalue weighted by atomic mass is 16.5. The van der Waals surface area contributed by atoms with Gasteiger partial charge in [-0.2, -0.15) is 0 Å². The molecular formula is C13H22N4O. The number of aromatic nitrogens is 2. The molecule has 0 aromatic carbocycles. The van der Waals surface area contributed by atoms with Crippen LogP contribution in [0.5, 0.6) is 0 Å². The molecule has 1 spiro atoms. The van der Waals surface area contributed by atoms with Gasteiger partial charge in [0.25, 0.3) is 0 Å². The number of nitrogens with two attached hydrogens (primary N) is 1. The van der Waals surface area contributed by atoms with E-state index < -0.39 is 0 Å². The zero-order valence-electron chi connectivity index (χ0n) is 10.9. The molecule has 5 heteroatoms. The van der Waals surface area contributed by atoms with E-state index in [1.165, 1.54) is 25.0 Å². The van der Waals surface area contributed by atoms with Crippen LogP contribution in [0.4, 0.5) is 0 Å². The Morgan fingerprint density at radius 3 is 3.00 bits per heavy atom. The first-order chi connectivity index (χ1) is 8.74. The van der Waals surface area contributed by atoms with E-state index in [2.05, 4.69) is 10.4 Å². The van der Waals surface area contributed by atoms with Crippen molar-refractivity contribution in [3.05, 3.63) is 18.2 Å². The van der Waals surface area contributed by atoms with E-state index in [1.54, 1.807) is 0 Å². The SMILES string of the molecule is Cn1cncc1C(NN)C1CCOC2(CCC2)C1. The van der Waals surface area contributed by atoms with Crippen molar-refractivity contribution >= 4 is 0 Å². The lowest BCUT2D eigenvalue weighted by molar-refractivity contribution is -0.147. The highest BCUT2D eigenvalue weighted by Gasteiger charge is 2.44. The standard InChI is InChI=1S/C13H22N4O/c1-17-9-15-8-11(17)12(16-14)10-3-6-18-13(7-10)4-2-5-13/h8-10,12,16H,2-7,14H2,1H3. The van der Waals surface area contributed by atoms with Crippen molar-refractivity contribution in [2.75, 3.05) is 6.61 Å². The first kappa shape index (κ1) is 12.1. The number of nitrogens with one attached hydrogen (secondary N) is 1. The number of hydrogen-bond donors (Lipinski definition) is 2. The molecule has 3 rings (SSSR count). The summed E-state index contributed by atoms with van der Waals surface area (Å²) >= 11 is 0. The second-order valence-corrected chi connectivity index (χ2v) is 5.71. The lowest BCUT2D eigenvalue weighted by Gasteiger charge is -2.48. The van der Waals surface area contributed by atoms with Gasteiger partial charge in [0.2, 0.25) is 0 Å². The maximum Gasteiger partial charge on any atom is 0.0946 e. The number of aryl methyl sites for hydroxylation is 1. The Kier molecular flexibility index (Phi) is 3.13. The maximum absolute atomic E-state index is 5.98. The summed E-state index contributed by atoms with van der Waals surface area (Å²) in [6.07, 6.45) is 9.66. The molecule has 2 unspecified atom stereocenters. The van der Waals surface area contributed by atoms with Crippen LogP contribution in [-0.4, -0.2) is 21.8 Å². The lowest BCUT2D eigenvalue weighted by atomic mass is 9.70. The fourth-order valence-corrected chi connectivity index (χ4v) is 3.40. The van der Waals surface area contributed by atoms with Crippen LogP contribution in [0.2, 0.25) is 0 Å². The van der Waals surface area contributed by atoms with Crippen molar-refractivity contribution in [3.8, 4) is 0 Å². The summed E-state index contributed by atoms with van der Waals surface area (Å²) < 4.78 is 8.03. The molecule has 1 aliphatic carbocycles. The smallest absolute Gasteiger partial charge is 0.0946 e. The summed E-state index contributed by atoms with van der Waals surface area (Å²) in [7, 11) is 2.02. The average molecular weight is 250 g/mol. The van der Waals surface area contributed by atoms with Crippen LogP contribution in [0.3, 0.4) is 0 Å². The van der Waals surface area contributed by atoms with Gasteiger partial charge < -0.3 is 9.30 Å². The van der Waals surface area contributed by atoms with Crippen molar-refractivity contribution in [3.63, 3.8) is 0 Å². The first-order valence-electron chi connectivity index (χ1n) is 6.80. The Hall–Kier alpha value is -0.910. The fourth-order valence-electron chi connectivity index (χ4n) is 3.40. The summed E-state index contributed by atoms with van der Waals surface area (Å²) in [5.41, 5.74) is 4.31. The van der Waals surface area contributed by atoms with E-state index >= 15 is 0 Å². The van der Waals surface area contributed by atoms with Gasteiger partial charge in [-0.3, -0.25) is 11.3 Å². The molecule has 2 atom stereocenters. The Balaban J connectivity index is 1.77. The van der Waals surface area contributed by atoms with Gasteiger partial charge in [0, 0.05) is 19.9 Å². The van der Waals surface area contributed by atoms with E-state index in [-0.39, 0.29) is 11.6 Å². The van der Waals surface area contributed by atoms with Crippen molar-refractivity contribution in [1.29, 1.82) is 0 Å². The minimum absolute atomic E-state index is 0.163. The Morgan fingerprint density at radius 1 is 1.61 bits per heavy atom. The fraction of sp³-hybridized carbons (Fsp3) is 0.769. The molecular weight excluding hydrogens is 228 g/mol. The van der Waals surface area contributed by atoms with Gasteiger partial charge in [0.05, 0.1) is 23.7 Å². The van der Waals surface area contributed by atoms with Crippen molar-refractivity contribution in [2.45, 2.75) is 43.7 Å². The molecule has 1 saturated heterocycles. The second kappa shape index (κ2) is 4.64. The molecule has 1 aromatic heterocycles. The number of ether oxygens (including phenoxy) is 1. The van der Waals surface area contributed by atoms with Crippen LogP contribution in [0.25, 0.3) is 0 Å². The summed E-state index contributed by atoms with van der Waals surface area (Å²) in [5.74, 6) is 6.32. The van der Waals surface area contributed by atoms with Gasteiger partial charge in [0.15, 0.2) is 0 Å². The quantitative estimate of drug-likeness (QED) is 0.626. The topological polar surface area (TPSA) is 65.1 Å². The lowest BCUT2D eigenvalue weighted by Crippen LogP contribution is -2.49. The zero-order valence-corrected chi connectivity index (χ0v) is 10.9. The molecule has 1 saturated carbocycles. The number of hydrazine groups is 1. The van der Waals surface area contributed by atoms with E-state index in [4.69, 9.17) is 10.6 Å². The maximum atomic E-state index is 5.98. The Labute approximate surface area is 108 Å². The van der Waals surface area contributed by atoms with Gasteiger partial charge in [-0.15, -0.1) is 0 Å². The minimum Gasteiger partial charge on any atom is -0.375 e. The van der Waals surface area contributed by atoms with E-state index in [9.17, 15) is 0 Å². The monoisotopic (exact) mass is 250 g/mol. The molecule has 2 fully saturated rings. The molecule has 1 aliphatic heterocycles. The highest BCUT2D eigenvalue weighted by molar-refractivity contribution is 5.08. The molecule has 0 amide bonds. The average Bonchev–Trinajstić information content (AvgIpc) is 2.75. The summed E-state index contributed by atoms with van der Waals surface area (Å²) in [6, 6.07) is 0.180. The van der Waals surface area contributed by atoms with Crippen LogP contribution < -0.4 is 11.3 Å². The minimum atomic E-state index is 0.163. The Morgan fingerprint density at radius 2 is 2.44 bits per heavy atom. The summed E-state index contributed by atoms with van der Waals surface area (Å²) in [5, 5.41) is 0. The van der Waals surface area contributed by atoms with Crippen LogP contribution in [-0.2, 0) is 11.8 Å². The number of nitrogens with zero attached hydrogens (tertiary/aromatic N) is 2.